The highest BCUT2D eigenvalue weighted by Gasteiger charge is 2.42. The number of methoxy groups -OCH3 is 2. The molecule has 5 rings (SSSR count). The number of ketones is 1. The molecule has 0 fully saturated rings. The largest absolute Gasteiger partial charge is 0.493 e. The summed E-state index contributed by atoms with van der Waals surface area (Å²) in [6, 6.07) is 20.6. The Kier molecular flexibility index (Phi) is 7.83. The third kappa shape index (κ3) is 5.04. The maximum Gasteiger partial charge on any atom is 0.224 e. The lowest BCUT2D eigenvalue weighted by Crippen LogP contribution is -2.37. The number of ether oxygens (including phenoxy) is 3. The van der Waals surface area contributed by atoms with Gasteiger partial charge in [0.2, 0.25) is 5.91 Å². The van der Waals surface area contributed by atoms with Crippen LogP contribution >= 0.6 is 0 Å². The first-order chi connectivity index (χ1) is 19.4. The Morgan fingerprint density at radius 2 is 1.70 bits per heavy atom. The zero-order valence-electron chi connectivity index (χ0n) is 23.7. The SMILES string of the molecule is CC[C@H](C)Oc1ccccc1[C@H]1C2=C(C[C@@H](c3ccc(OC)c(OC)c3)CC2=O)Nc2ccccc2N1C(C)=O. The summed E-state index contributed by atoms with van der Waals surface area (Å²) in [4.78, 5) is 29.3. The number of Topliss-reactive ketones (excluding diaryl/α,β-unsaturated/α-hetero) is 1. The highest BCUT2D eigenvalue weighted by Crippen LogP contribution is 2.49. The Morgan fingerprint density at radius 3 is 2.42 bits per heavy atom. The van der Waals surface area contributed by atoms with Crippen LogP contribution in [0.15, 0.2) is 78.0 Å². The molecule has 40 heavy (non-hydrogen) atoms. The van der Waals surface area contributed by atoms with Gasteiger partial charge in [-0.15, -0.1) is 0 Å². The van der Waals surface area contributed by atoms with E-state index in [-0.39, 0.29) is 23.7 Å². The number of allylic oxidation sites excluding steroid dienone is 1. The number of fused-ring (bicyclic) bond motifs is 1. The van der Waals surface area contributed by atoms with Crippen LogP contribution in [0, 0.1) is 0 Å². The summed E-state index contributed by atoms with van der Waals surface area (Å²) in [5, 5.41) is 3.57. The summed E-state index contributed by atoms with van der Waals surface area (Å²) < 4.78 is 17.3. The molecule has 2 aliphatic rings. The molecule has 7 nitrogen and oxygen atoms in total. The molecule has 3 aromatic carbocycles. The topological polar surface area (TPSA) is 77.1 Å². The molecule has 3 aromatic rings. The van der Waals surface area contributed by atoms with Gasteiger partial charge in [0.25, 0.3) is 0 Å². The first-order valence-corrected chi connectivity index (χ1v) is 13.8. The van der Waals surface area contributed by atoms with Crippen molar-refractivity contribution in [3.63, 3.8) is 0 Å². The monoisotopic (exact) mass is 540 g/mol. The van der Waals surface area contributed by atoms with Crippen LogP contribution in [0.2, 0.25) is 0 Å². The number of carbonyl (C=O) groups excluding carboxylic acids is 2. The van der Waals surface area contributed by atoms with E-state index in [0.717, 1.165) is 34.6 Å². The van der Waals surface area contributed by atoms with Gasteiger partial charge in [-0.2, -0.15) is 0 Å². The van der Waals surface area contributed by atoms with E-state index in [1.165, 1.54) is 0 Å². The van der Waals surface area contributed by atoms with Crippen molar-refractivity contribution in [1.29, 1.82) is 0 Å². The van der Waals surface area contributed by atoms with Crippen LogP contribution in [0.5, 0.6) is 17.2 Å². The van der Waals surface area contributed by atoms with Gasteiger partial charge in [0.15, 0.2) is 17.3 Å². The standard InChI is InChI=1S/C33H36N2O5/c1-6-20(2)40-29-14-10-7-11-24(29)33-32-26(34-25-12-8-9-13-27(25)35(33)21(3)36)17-23(18-28(32)37)22-15-16-30(38-4)31(19-22)39-5/h7-16,19-20,23,33-34H,6,17-18H2,1-5H3/t20-,23+,33-/m0/s1. The van der Waals surface area contributed by atoms with Crippen LogP contribution in [-0.2, 0) is 9.59 Å². The third-order valence-corrected chi connectivity index (χ3v) is 7.82. The molecule has 0 radical (unpaired) electrons. The number of anilines is 2. The molecule has 1 aliphatic heterocycles. The summed E-state index contributed by atoms with van der Waals surface area (Å²) in [5.74, 6) is 1.72. The molecule has 0 bridgehead atoms. The van der Waals surface area contributed by atoms with E-state index in [4.69, 9.17) is 14.2 Å². The Hall–Kier alpha value is -4.26. The highest BCUT2D eigenvalue weighted by atomic mass is 16.5. The molecular weight excluding hydrogens is 504 g/mol. The molecule has 3 atom stereocenters. The zero-order valence-corrected chi connectivity index (χ0v) is 23.7. The minimum atomic E-state index is -0.636. The Labute approximate surface area is 235 Å². The Balaban J connectivity index is 1.68. The minimum absolute atomic E-state index is 0.00376. The van der Waals surface area contributed by atoms with Crippen molar-refractivity contribution in [1.82, 2.24) is 0 Å². The lowest BCUT2D eigenvalue weighted by Gasteiger charge is -2.35. The van der Waals surface area contributed by atoms with Crippen molar-refractivity contribution in [3.8, 4) is 17.2 Å². The third-order valence-electron chi connectivity index (χ3n) is 7.82. The number of carbonyl (C=O) groups is 2. The van der Waals surface area contributed by atoms with Gasteiger partial charge in [-0.3, -0.25) is 14.5 Å². The smallest absolute Gasteiger partial charge is 0.224 e. The number of benzene rings is 3. The Bertz CT molecular complexity index is 1460. The second kappa shape index (κ2) is 11.5. The normalized spacial score (nSPS) is 19.1. The molecule has 208 valence electrons. The number of nitrogens with zero attached hydrogens (tertiary/aromatic N) is 1. The number of amides is 1. The van der Waals surface area contributed by atoms with Gasteiger partial charge in [-0.05, 0) is 61.6 Å². The van der Waals surface area contributed by atoms with Crippen molar-refractivity contribution < 1.29 is 23.8 Å². The van der Waals surface area contributed by atoms with E-state index in [1.54, 1.807) is 26.0 Å². The van der Waals surface area contributed by atoms with E-state index >= 15 is 0 Å². The number of hydrogen-bond acceptors (Lipinski definition) is 6. The summed E-state index contributed by atoms with van der Waals surface area (Å²) in [6.45, 7) is 5.64. The van der Waals surface area contributed by atoms with Crippen molar-refractivity contribution in [2.45, 2.75) is 58.1 Å². The number of para-hydroxylation sites is 3. The minimum Gasteiger partial charge on any atom is -0.493 e. The van der Waals surface area contributed by atoms with Crippen LogP contribution < -0.4 is 24.4 Å². The fourth-order valence-corrected chi connectivity index (χ4v) is 5.69. The predicted octanol–water partition coefficient (Wildman–Crippen LogP) is 6.80. The zero-order chi connectivity index (χ0) is 28.4. The first kappa shape index (κ1) is 27.3. The van der Waals surface area contributed by atoms with Gasteiger partial charge in [-0.25, -0.2) is 0 Å². The summed E-state index contributed by atoms with van der Waals surface area (Å²) in [5.41, 5.74) is 4.72. The molecular formula is C33H36N2O5. The quantitative estimate of drug-likeness (QED) is 0.355. The molecule has 0 spiro atoms. The molecule has 0 aromatic heterocycles. The van der Waals surface area contributed by atoms with Crippen LogP contribution in [0.1, 0.15) is 63.1 Å². The van der Waals surface area contributed by atoms with E-state index in [2.05, 4.69) is 12.2 Å². The maximum atomic E-state index is 14.2. The van der Waals surface area contributed by atoms with Gasteiger partial charge in [0.05, 0.1) is 37.7 Å². The van der Waals surface area contributed by atoms with Crippen LogP contribution in [0.25, 0.3) is 0 Å². The van der Waals surface area contributed by atoms with E-state index in [0.29, 0.717) is 35.7 Å². The predicted molar refractivity (Wildman–Crippen MR) is 156 cm³/mol. The molecule has 1 N–H and O–H groups in total. The summed E-state index contributed by atoms with van der Waals surface area (Å²) in [7, 11) is 3.22. The average molecular weight is 541 g/mol. The lowest BCUT2D eigenvalue weighted by atomic mass is 9.78. The number of nitrogens with one attached hydrogen (secondary N) is 1. The average Bonchev–Trinajstić information content (AvgIpc) is 3.11. The summed E-state index contributed by atoms with van der Waals surface area (Å²) in [6.07, 6.45) is 1.72. The molecule has 1 heterocycles. The second-order valence-electron chi connectivity index (χ2n) is 10.3. The van der Waals surface area contributed by atoms with Gasteiger partial charge < -0.3 is 19.5 Å². The van der Waals surface area contributed by atoms with Crippen LogP contribution in [-0.4, -0.2) is 32.0 Å². The van der Waals surface area contributed by atoms with E-state index < -0.39 is 6.04 Å². The van der Waals surface area contributed by atoms with Crippen LogP contribution in [0.4, 0.5) is 11.4 Å². The van der Waals surface area contributed by atoms with Crippen molar-refractivity contribution in [2.24, 2.45) is 0 Å². The van der Waals surface area contributed by atoms with Gasteiger partial charge in [0, 0.05) is 30.2 Å². The molecule has 0 saturated heterocycles. The first-order valence-electron chi connectivity index (χ1n) is 13.8. The van der Waals surface area contributed by atoms with Gasteiger partial charge in [-0.1, -0.05) is 43.3 Å². The fraction of sp³-hybridized carbons (Fsp3) is 0.333. The molecule has 0 unspecified atom stereocenters. The Morgan fingerprint density at radius 1 is 0.975 bits per heavy atom. The van der Waals surface area contributed by atoms with Crippen LogP contribution in [0.3, 0.4) is 0 Å². The molecule has 7 heteroatoms. The highest BCUT2D eigenvalue weighted by molar-refractivity contribution is 6.06. The van der Waals surface area contributed by atoms with E-state index in [9.17, 15) is 9.59 Å². The van der Waals surface area contributed by atoms with E-state index in [1.807, 2.05) is 73.7 Å². The van der Waals surface area contributed by atoms with Crippen molar-refractivity contribution in [3.05, 3.63) is 89.1 Å². The second-order valence-corrected chi connectivity index (χ2v) is 10.3. The maximum absolute atomic E-state index is 14.2. The molecule has 1 amide bonds. The number of rotatable bonds is 7. The fourth-order valence-electron chi connectivity index (χ4n) is 5.69. The van der Waals surface area contributed by atoms with Crippen molar-refractivity contribution >= 4 is 23.1 Å². The van der Waals surface area contributed by atoms with Gasteiger partial charge in [0.1, 0.15) is 5.75 Å². The molecule has 0 saturated carbocycles. The lowest BCUT2D eigenvalue weighted by molar-refractivity contribution is -0.117. The van der Waals surface area contributed by atoms with Crippen molar-refractivity contribution in [2.75, 3.05) is 24.4 Å². The summed E-state index contributed by atoms with van der Waals surface area (Å²) >= 11 is 0. The molecule has 1 aliphatic carbocycles. The van der Waals surface area contributed by atoms with Gasteiger partial charge >= 0.3 is 0 Å². The number of hydrogen-bond donors (Lipinski definition) is 1.